The van der Waals surface area contributed by atoms with Crippen molar-refractivity contribution in [3.05, 3.63) is 59.9 Å². The average molecular weight is 364 g/mol. The molecule has 1 aromatic carbocycles. The number of hydrazine groups is 1. The van der Waals surface area contributed by atoms with Crippen LogP contribution in [0.4, 0.5) is 5.82 Å². The molecule has 140 valence electrons. The first-order valence-electron chi connectivity index (χ1n) is 9.39. The van der Waals surface area contributed by atoms with E-state index in [-0.39, 0.29) is 12.0 Å². The largest absolute Gasteiger partial charge is 0.490 e. The zero-order chi connectivity index (χ0) is 18.6. The molecule has 0 atom stereocenters. The topological polar surface area (TPSA) is 66.5 Å². The van der Waals surface area contributed by atoms with Gasteiger partial charge in [0.2, 0.25) is 5.91 Å². The van der Waals surface area contributed by atoms with Crippen molar-refractivity contribution in [3.63, 3.8) is 0 Å². The molecule has 4 rings (SSSR count). The maximum atomic E-state index is 12.3. The summed E-state index contributed by atoms with van der Waals surface area (Å²) in [4.78, 5) is 16.6. The number of allylic oxidation sites excluding steroid dienone is 1. The first-order chi connectivity index (χ1) is 13.2. The quantitative estimate of drug-likeness (QED) is 0.873. The van der Waals surface area contributed by atoms with Crippen LogP contribution in [0, 0.1) is 0 Å². The van der Waals surface area contributed by atoms with Crippen LogP contribution in [0.2, 0.25) is 0 Å². The van der Waals surface area contributed by atoms with Crippen LogP contribution in [0.1, 0.15) is 31.7 Å². The molecule has 3 heterocycles. The predicted molar refractivity (Wildman–Crippen MR) is 105 cm³/mol. The lowest BCUT2D eigenvalue weighted by molar-refractivity contribution is -0.120. The molecule has 1 saturated heterocycles. The molecule has 6 nitrogen and oxygen atoms in total. The summed E-state index contributed by atoms with van der Waals surface area (Å²) >= 11 is 0. The van der Waals surface area contributed by atoms with Crippen molar-refractivity contribution in [2.24, 2.45) is 0 Å². The van der Waals surface area contributed by atoms with Gasteiger partial charge in [-0.05, 0) is 68.3 Å². The molecule has 1 fully saturated rings. The van der Waals surface area contributed by atoms with Gasteiger partial charge in [-0.2, -0.15) is 0 Å². The van der Waals surface area contributed by atoms with Gasteiger partial charge in [0, 0.05) is 11.9 Å². The van der Waals surface area contributed by atoms with Gasteiger partial charge in [-0.15, -0.1) is 0 Å². The molecule has 2 aliphatic rings. The highest BCUT2D eigenvalue weighted by Gasteiger charge is 2.24. The third kappa shape index (κ3) is 3.95. The fraction of sp³-hybridized carbons (Fsp3) is 0.333. The van der Waals surface area contributed by atoms with E-state index in [4.69, 9.17) is 4.74 Å². The summed E-state index contributed by atoms with van der Waals surface area (Å²) in [5, 5.41) is 5.10. The summed E-state index contributed by atoms with van der Waals surface area (Å²) in [5.41, 5.74) is 5.89. The average Bonchev–Trinajstić information content (AvgIpc) is 2.71. The molecule has 0 aliphatic carbocycles. The number of benzene rings is 1. The van der Waals surface area contributed by atoms with Crippen LogP contribution in [0.5, 0.6) is 5.75 Å². The monoisotopic (exact) mass is 364 g/mol. The SMILES string of the molecule is CC1=C(c2ccc(OC3CCNCC3)cc2)CC(=O)NN1c1ccccn1. The highest BCUT2D eigenvalue weighted by atomic mass is 16.5. The second-order valence-corrected chi connectivity index (χ2v) is 6.89. The van der Waals surface area contributed by atoms with E-state index in [1.54, 1.807) is 11.2 Å². The van der Waals surface area contributed by atoms with E-state index < -0.39 is 0 Å². The van der Waals surface area contributed by atoms with E-state index >= 15 is 0 Å². The van der Waals surface area contributed by atoms with Gasteiger partial charge in [-0.3, -0.25) is 10.2 Å². The fourth-order valence-corrected chi connectivity index (χ4v) is 3.54. The maximum Gasteiger partial charge on any atom is 0.243 e. The lowest BCUT2D eigenvalue weighted by atomic mass is 9.98. The van der Waals surface area contributed by atoms with Crippen molar-refractivity contribution in [2.75, 3.05) is 18.1 Å². The number of ether oxygens (including phenoxy) is 1. The number of rotatable bonds is 4. The van der Waals surface area contributed by atoms with Crippen molar-refractivity contribution in [2.45, 2.75) is 32.3 Å². The Morgan fingerprint density at radius 2 is 1.89 bits per heavy atom. The molecule has 2 aromatic rings. The Balaban J connectivity index is 1.56. The maximum absolute atomic E-state index is 12.3. The van der Waals surface area contributed by atoms with Crippen molar-refractivity contribution in [3.8, 4) is 5.75 Å². The summed E-state index contributed by atoms with van der Waals surface area (Å²) in [5.74, 6) is 1.54. The molecule has 1 amide bonds. The summed E-state index contributed by atoms with van der Waals surface area (Å²) < 4.78 is 6.08. The van der Waals surface area contributed by atoms with Gasteiger partial charge >= 0.3 is 0 Å². The predicted octanol–water partition coefficient (Wildman–Crippen LogP) is 2.88. The number of hydrogen-bond acceptors (Lipinski definition) is 5. The minimum atomic E-state index is -0.0451. The van der Waals surface area contributed by atoms with E-state index in [0.29, 0.717) is 12.2 Å². The van der Waals surface area contributed by atoms with Gasteiger partial charge in [-0.25, -0.2) is 9.99 Å². The second-order valence-electron chi connectivity index (χ2n) is 6.89. The third-order valence-corrected chi connectivity index (χ3v) is 5.02. The van der Waals surface area contributed by atoms with E-state index in [9.17, 15) is 4.79 Å². The van der Waals surface area contributed by atoms with Crippen LogP contribution < -0.4 is 20.5 Å². The van der Waals surface area contributed by atoms with Crippen LogP contribution in [0.3, 0.4) is 0 Å². The van der Waals surface area contributed by atoms with E-state index in [0.717, 1.165) is 48.5 Å². The summed E-state index contributed by atoms with van der Waals surface area (Å²) in [6.45, 7) is 4.02. The molecule has 6 heteroatoms. The number of hydrogen-bond donors (Lipinski definition) is 2. The van der Waals surface area contributed by atoms with Gasteiger partial charge in [-0.1, -0.05) is 18.2 Å². The first kappa shape index (κ1) is 17.5. The van der Waals surface area contributed by atoms with Crippen LogP contribution in [0.25, 0.3) is 5.57 Å². The lowest BCUT2D eigenvalue weighted by Crippen LogP contribution is -2.45. The van der Waals surface area contributed by atoms with Gasteiger partial charge in [0.15, 0.2) is 5.82 Å². The molecule has 0 bridgehead atoms. The Labute approximate surface area is 159 Å². The van der Waals surface area contributed by atoms with Crippen LogP contribution in [0.15, 0.2) is 54.4 Å². The number of carbonyl (C=O) groups is 1. The third-order valence-electron chi connectivity index (χ3n) is 5.02. The Bertz CT molecular complexity index is 827. The zero-order valence-electron chi connectivity index (χ0n) is 15.4. The van der Waals surface area contributed by atoms with E-state index in [1.165, 1.54) is 0 Å². The minimum Gasteiger partial charge on any atom is -0.490 e. The Kier molecular flexibility index (Phi) is 5.07. The number of nitrogens with zero attached hydrogens (tertiary/aromatic N) is 2. The van der Waals surface area contributed by atoms with Crippen LogP contribution in [-0.4, -0.2) is 30.1 Å². The van der Waals surface area contributed by atoms with Crippen LogP contribution in [-0.2, 0) is 4.79 Å². The van der Waals surface area contributed by atoms with E-state index in [2.05, 4.69) is 15.7 Å². The molecular weight excluding hydrogens is 340 g/mol. The van der Waals surface area contributed by atoms with Gasteiger partial charge in [0.25, 0.3) is 0 Å². The van der Waals surface area contributed by atoms with Gasteiger partial charge in [0.05, 0.1) is 6.42 Å². The normalized spacial score (nSPS) is 18.4. The summed E-state index contributed by atoms with van der Waals surface area (Å²) in [6, 6.07) is 13.7. The van der Waals surface area contributed by atoms with Gasteiger partial charge in [0.1, 0.15) is 11.9 Å². The van der Waals surface area contributed by atoms with Crippen molar-refractivity contribution in [1.82, 2.24) is 15.7 Å². The number of pyridine rings is 1. The molecule has 0 spiro atoms. The number of nitrogens with one attached hydrogen (secondary N) is 2. The lowest BCUT2D eigenvalue weighted by Gasteiger charge is -2.31. The number of piperidine rings is 1. The smallest absolute Gasteiger partial charge is 0.243 e. The Morgan fingerprint density at radius 1 is 1.11 bits per heavy atom. The van der Waals surface area contributed by atoms with Crippen LogP contribution >= 0.6 is 0 Å². The van der Waals surface area contributed by atoms with Crippen molar-refractivity contribution in [1.29, 1.82) is 0 Å². The summed E-state index contributed by atoms with van der Waals surface area (Å²) in [6.07, 6.45) is 4.41. The molecule has 2 N–H and O–H groups in total. The van der Waals surface area contributed by atoms with Gasteiger partial charge < -0.3 is 10.1 Å². The minimum absolute atomic E-state index is 0.0451. The molecular formula is C21H24N4O2. The van der Waals surface area contributed by atoms with Crippen molar-refractivity contribution < 1.29 is 9.53 Å². The van der Waals surface area contributed by atoms with E-state index in [1.807, 2.05) is 49.4 Å². The number of carbonyl (C=O) groups excluding carboxylic acids is 1. The molecule has 1 aromatic heterocycles. The molecule has 0 radical (unpaired) electrons. The second kappa shape index (κ2) is 7.80. The Hall–Kier alpha value is -2.86. The standard InChI is InChI=1S/C21H24N4O2/c1-15-19(14-21(26)24-25(15)20-4-2-3-11-23-20)16-5-7-17(8-6-16)27-18-9-12-22-13-10-18/h2-8,11,18,22H,9-10,12-14H2,1H3,(H,24,26). The molecule has 27 heavy (non-hydrogen) atoms. The number of amides is 1. The summed E-state index contributed by atoms with van der Waals surface area (Å²) in [7, 11) is 0. The molecule has 0 saturated carbocycles. The highest BCUT2D eigenvalue weighted by molar-refractivity contribution is 5.94. The fourth-order valence-electron chi connectivity index (χ4n) is 3.54. The Morgan fingerprint density at radius 3 is 2.59 bits per heavy atom. The number of anilines is 1. The molecule has 0 unspecified atom stereocenters. The van der Waals surface area contributed by atoms with Crippen molar-refractivity contribution >= 4 is 17.3 Å². The zero-order valence-corrected chi connectivity index (χ0v) is 15.4. The number of aromatic nitrogens is 1. The molecule has 2 aliphatic heterocycles. The highest BCUT2D eigenvalue weighted by Crippen LogP contribution is 2.30. The first-order valence-corrected chi connectivity index (χ1v) is 9.39.